The second-order valence-corrected chi connectivity index (χ2v) is 15.7. The van der Waals surface area contributed by atoms with Gasteiger partial charge in [-0.3, -0.25) is 19.2 Å². The number of Topliss-reactive ketones (excluding diaryl/α,β-unsaturated/α-hetero) is 2. The summed E-state index contributed by atoms with van der Waals surface area (Å²) in [5, 5.41) is 18.6. The lowest BCUT2D eigenvalue weighted by Gasteiger charge is -2.23. The number of pyridine rings is 1. The van der Waals surface area contributed by atoms with Crippen LogP contribution in [0.25, 0.3) is 0 Å². The molecule has 3 aliphatic carbocycles. The molecule has 1 aromatic heterocycles. The van der Waals surface area contributed by atoms with Gasteiger partial charge in [-0.25, -0.2) is 9.59 Å². The molecular formula is C48H83Cl2NO13. The van der Waals surface area contributed by atoms with Gasteiger partial charge >= 0.3 is 17.9 Å². The number of rotatable bonds is 11. The summed E-state index contributed by atoms with van der Waals surface area (Å²) < 4.78 is 13.8. The number of carbonyl (C=O) groups is 6. The number of methoxy groups -OCH3 is 3. The zero-order valence-corrected chi connectivity index (χ0v) is 41.0. The monoisotopic (exact) mass is 952 g/mol. The van der Waals surface area contributed by atoms with Crippen molar-refractivity contribution in [2.24, 2.45) is 11.8 Å². The van der Waals surface area contributed by atoms with Crippen LogP contribution in [0.15, 0.2) is 40.2 Å². The van der Waals surface area contributed by atoms with Crippen molar-refractivity contribution in [3.05, 3.63) is 57.0 Å². The molecule has 0 atom stereocenters. The minimum atomic E-state index is -0.452. The minimum absolute atomic E-state index is 0. The van der Waals surface area contributed by atoms with Crippen molar-refractivity contribution in [2.75, 3.05) is 21.3 Å². The first-order valence-electron chi connectivity index (χ1n) is 21.8. The van der Waals surface area contributed by atoms with Crippen LogP contribution in [0.3, 0.4) is 0 Å². The zero-order valence-electron chi connectivity index (χ0n) is 39.4. The summed E-state index contributed by atoms with van der Waals surface area (Å²) in [4.78, 5) is 75.1. The van der Waals surface area contributed by atoms with Crippen LogP contribution >= 0.6 is 24.0 Å². The van der Waals surface area contributed by atoms with Crippen molar-refractivity contribution >= 4 is 58.7 Å². The van der Waals surface area contributed by atoms with E-state index in [-0.39, 0.29) is 78.6 Å². The van der Waals surface area contributed by atoms with Gasteiger partial charge in [0.15, 0.2) is 0 Å². The van der Waals surface area contributed by atoms with Crippen molar-refractivity contribution in [1.29, 1.82) is 0 Å². The number of allylic oxidation sites excluding steroid dienone is 2. The van der Waals surface area contributed by atoms with Crippen LogP contribution in [0, 0.1) is 11.8 Å². The maximum Gasteiger partial charge on any atom is 0.330 e. The third-order valence-corrected chi connectivity index (χ3v) is 10.9. The average molecular weight is 953 g/mol. The van der Waals surface area contributed by atoms with Crippen LogP contribution in [-0.4, -0.2) is 76.6 Å². The number of hydrogen-bond donors (Lipinski definition) is 2. The lowest BCUT2D eigenvalue weighted by molar-refractivity contribution is -0.138. The number of aliphatic hydroxyl groups is 1. The molecule has 0 aromatic carbocycles. The Hall–Kier alpha value is -3.85. The summed E-state index contributed by atoms with van der Waals surface area (Å²) in [6.07, 6.45) is 22.5. The summed E-state index contributed by atoms with van der Waals surface area (Å²) in [5.41, 5.74) is 2.70. The van der Waals surface area contributed by atoms with Gasteiger partial charge in [0.2, 0.25) is 5.24 Å². The zero-order chi connectivity index (χ0) is 46.8. The van der Waals surface area contributed by atoms with E-state index in [2.05, 4.69) is 14.2 Å². The summed E-state index contributed by atoms with van der Waals surface area (Å²) in [6, 6.07) is 3.00. The number of nitrogens with zero attached hydrogens (tertiary/aromatic N) is 1. The second kappa shape index (κ2) is 43.1. The van der Waals surface area contributed by atoms with Crippen molar-refractivity contribution in [1.82, 2.24) is 4.73 Å². The number of ether oxygens (including phenoxy) is 3. The van der Waals surface area contributed by atoms with E-state index in [1.807, 2.05) is 27.7 Å². The van der Waals surface area contributed by atoms with Gasteiger partial charge in [0.05, 0.1) is 33.6 Å². The maximum atomic E-state index is 12.0. The quantitative estimate of drug-likeness (QED) is 0.0695. The molecule has 0 spiro atoms. The highest BCUT2D eigenvalue weighted by Crippen LogP contribution is 2.32. The van der Waals surface area contributed by atoms with Crippen LogP contribution in [0.4, 0.5) is 0 Å². The van der Waals surface area contributed by atoms with E-state index in [0.717, 1.165) is 80.1 Å². The Labute approximate surface area is 394 Å². The standard InChI is InChI=1S/C14H22O3.C12H17NO3.C7H11ClO.C7H12O2.C4H8O.C3H6O2.CH4.ClH.H2O/c1-3-11(10-14(16)17-2)9-13(15)12-7-5-4-6-8-12;14-8-9-6-11(13(16)12(15)7-9)10-4-2-1-3-5-10;8-7(9)6-4-2-1-3-5-6;1-4-6(2)5-7(8)9-3;1-3-4(2)5;1-3(4)5-2;;;/h10,12H,3-9H2,1-2H3;6-7,10,14,16H,1-5,8H2;6H,1-5H2;5H,4H2,1-3H3;3H2,1-2H3;1-2H3;1H4;1H;1H2/b11-10+;;;6-5-;;;;;. The Balaban J connectivity index is -0.000000228. The molecule has 3 aliphatic rings. The normalized spacial score (nSPS) is 14.9. The van der Waals surface area contributed by atoms with Crippen molar-refractivity contribution in [3.63, 3.8) is 0 Å². The summed E-state index contributed by atoms with van der Waals surface area (Å²) >= 11 is 5.32. The van der Waals surface area contributed by atoms with Gasteiger partial charge in [0, 0.05) is 55.7 Å². The molecule has 0 saturated heterocycles. The van der Waals surface area contributed by atoms with Gasteiger partial charge in [-0.2, -0.15) is 4.73 Å². The third kappa shape index (κ3) is 34.5. The Morgan fingerprint density at radius 2 is 1.12 bits per heavy atom. The Bertz CT molecular complexity index is 1560. The average Bonchev–Trinajstić information content (AvgIpc) is 3.28. The first-order chi connectivity index (χ1) is 28.9. The van der Waals surface area contributed by atoms with Gasteiger partial charge < -0.3 is 34.8 Å². The summed E-state index contributed by atoms with van der Waals surface area (Å²) in [6.45, 7) is 10.5. The third-order valence-electron chi connectivity index (χ3n) is 10.6. The molecule has 372 valence electrons. The molecule has 0 bridgehead atoms. The van der Waals surface area contributed by atoms with E-state index in [9.17, 15) is 38.8 Å². The molecule has 64 heavy (non-hydrogen) atoms. The molecule has 0 amide bonds. The molecule has 0 radical (unpaired) electrons. The summed E-state index contributed by atoms with van der Waals surface area (Å²) in [5.74, 6) is 0.319. The van der Waals surface area contributed by atoms with Crippen LogP contribution in [0.2, 0.25) is 0 Å². The highest BCUT2D eigenvalue weighted by atomic mass is 35.5. The lowest BCUT2D eigenvalue weighted by Crippen LogP contribution is -2.24. The molecule has 3 saturated carbocycles. The topological polar surface area (TPSA) is 224 Å². The highest BCUT2D eigenvalue weighted by Gasteiger charge is 2.22. The van der Waals surface area contributed by atoms with Crippen LogP contribution in [0.5, 0.6) is 0 Å². The minimum Gasteiger partial charge on any atom is -0.469 e. The fraction of sp³-hybridized carbons (Fsp3) is 0.688. The van der Waals surface area contributed by atoms with Gasteiger partial charge in [-0.15, -0.1) is 12.4 Å². The summed E-state index contributed by atoms with van der Waals surface area (Å²) in [7, 11) is 4.08. The van der Waals surface area contributed by atoms with Crippen molar-refractivity contribution in [3.8, 4) is 0 Å². The van der Waals surface area contributed by atoms with Gasteiger partial charge in [-0.05, 0) is 88.4 Å². The van der Waals surface area contributed by atoms with Crippen molar-refractivity contribution in [2.45, 2.75) is 183 Å². The first-order valence-corrected chi connectivity index (χ1v) is 22.2. The molecule has 14 nitrogen and oxygen atoms in total. The predicted octanol–water partition coefficient (Wildman–Crippen LogP) is 9.91. The number of aromatic nitrogens is 1. The second-order valence-electron chi connectivity index (χ2n) is 15.3. The number of carbonyl (C=O) groups excluding carboxylic acids is 6. The van der Waals surface area contributed by atoms with Crippen LogP contribution < -0.4 is 5.56 Å². The van der Waals surface area contributed by atoms with E-state index in [0.29, 0.717) is 29.9 Å². The Kier molecular flexibility index (Phi) is 46.6. The van der Waals surface area contributed by atoms with Gasteiger partial charge in [0.25, 0.3) is 5.56 Å². The molecule has 3 fully saturated rings. The molecule has 0 aliphatic heterocycles. The molecule has 16 heteroatoms. The molecule has 4 N–H and O–H groups in total. The Morgan fingerprint density at radius 1 is 0.703 bits per heavy atom. The number of aliphatic hydroxyl groups excluding tert-OH is 1. The van der Waals surface area contributed by atoms with E-state index in [4.69, 9.17) is 16.7 Å². The van der Waals surface area contributed by atoms with E-state index < -0.39 is 5.56 Å². The predicted molar refractivity (Wildman–Crippen MR) is 256 cm³/mol. The SMILES string of the molecule is C.CC/C(=C\C(=O)OC)CC(=O)C1CCCCC1.CC/C(C)=C\C(=O)OC.CCC(C)=O.COC(C)=O.Cl.O.O=C(Cl)C1CCCCC1.O=c1cc(CO)cc(C2CCCCC2)n1O. The molecule has 4 rings (SSSR count). The molecule has 1 aromatic rings. The Morgan fingerprint density at radius 3 is 1.47 bits per heavy atom. The lowest BCUT2D eigenvalue weighted by atomic mass is 9.84. The smallest absolute Gasteiger partial charge is 0.330 e. The fourth-order valence-corrected chi connectivity index (χ4v) is 6.63. The van der Waals surface area contributed by atoms with E-state index in [1.54, 1.807) is 13.0 Å². The molecule has 1 heterocycles. The van der Waals surface area contributed by atoms with E-state index in [1.165, 1.54) is 91.4 Å². The number of hydrogen-bond acceptors (Lipinski definition) is 12. The fourth-order valence-electron chi connectivity index (χ4n) is 6.41. The largest absolute Gasteiger partial charge is 0.469 e. The van der Waals surface area contributed by atoms with Gasteiger partial charge in [0.1, 0.15) is 11.6 Å². The van der Waals surface area contributed by atoms with Gasteiger partial charge in [-0.1, -0.05) is 97.1 Å². The van der Waals surface area contributed by atoms with Crippen molar-refractivity contribution < 1.29 is 58.8 Å². The number of ketones is 2. The number of esters is 3. The van der Waals surface area contributed by atoms with E-state index >= 15 is 0 Å². The number of halogens is 2. The van der Waals surface area contributed by atoms with Crippen LogP contribution in [-0.2, 0) is 49.6 Å². The maximum absolute atomic E-state index is 12.0. The van der Waals surface area contributed by atoms with Crippen LogP contribution in [0.1, 0.15) is 188 Å². The molecule has 0 unspecified atom stereocenters. The molecular weight excluding hydrogens is 869 g/mol. The first kappa shape index (κ1) is 69.2. The highest BCUT2D eigenvalue weighted by molar-refractivity contribution is 6.63.